The van der Waals surface area contributed by atoms with Crippen LogP contribution in [0.3, 0.4) is 0 Å². The van der Waals surface area contributed by atoms with Gasteiger partial charge in [-0.1, -0.05) is 25.1 Å². The van der Waals surface area contributed by atoms with E-state index in [-0.39, 0.29) is 18.3 Å². The number of carbonyl (C=O) groups excluding carboxylic acids is 1. The normalized spacial score (nSPS) is 15.1. The van der Waals surface area contributed by atoms with Crippen molar-refractivity contribution < 1.29 is 9.21 Å². The molecule has 0 bridgehead atoms. The van der Waals surface area contributed by atoms with Crippen molar-refractivity contribution in [3.63, 3.8) is 0 Å². The largest absolute Gasteiger partial charge is 0.461 e. The minimum atomic E-state index is 0. The lowest BCUT2D eigenvalue weighted by Crippen LogP contribution is -2.30. The molecule has 0 atom stereocenters. The van der Waals surface area contributed by atoms with E-state index in [9.17, 15) is 4.79 Å². The molecular formula is C20H29ClN2O2. The second-order valence-electron chi connectivity index (χ2n) is 6.84. The summed E-state index contributed by atoms with van der Waals surface area (Å²) in [5, 5.41) is 4.51. The lowest BCUT2D eigenvalue weighted by Gasteiger charge is -2.23. The summed E-state index contributed by atoms with van der Waals surface area (Å²) in [6, 6.07) is 8.10. The van der Waals surface area contributed by atoms with Gasteiger partial charge in [0.15, 0.2) is 0 Å². The van der Waals surface area contributed by atoms with Gasteiger partial charge in [-0.2, -0.15) is 0 Å². The zero-order valence-corrected chi connectivity index (χ0v) is 16.0. The van der Waals surface area contributed by atoms with Crippen molar-refractivity contribution >= 4 is 29.3 Å². The minimum absolute atomic E-state index is 0. The second-order valence-corrected chi connectivity index (χ2v) is 6.84. The monoisotopic (exact) mass is 364 g/mol. The molecule has 1 amide bonds. The van der Waals surface area contributed by atoms with Crippen LogP contribution in [0.15, 0.2) is 28.7 Å². The highest BCUT2D eigenvalue weighted by atomic mass is 35.5. The number of aryl methyl sites for hydroxylation is 1. The number of nitrogens with zero attached hydrogens (tertiary/aromatic N) is 1. The lowest BCUT2D eigenvalue weighted by molar-refractivity contribution is -0.130. The summed E-state index contributed by atoms with van der Waals surface area (Å²) in [5.41, 5.74) is 2.07. The first kappa shape index (κ1) is 19.8. The summed E-state index contributed by atoms with van der Waals surface area (Å²) in [4.78, 5) is 14.4. The number of para-hydroxylation sites is 1. The van der Waals surface area contributed by atoms with Crippen LogP contribution >= 0.6 is 12.4 Å². The number of nitrogens with one attached hydrogen (secondary N) is 1. The van der Waals surface area contributed by atoms with E-state index in [0.29, 0.717) is 18.9 Å². The van der Waals surface area contributed by atoms with Crippen molar-refractivity contribution in [3.05, 3.63) is 35.6 Å². The van der Waals surface area contributed by atoms with E-state index in [1.807, 2.05) is 30.1 Å². The van der Waals surface area contributed by atoms with E-state index in [1.54, 1.807) is 0 Å². The fourth-order valence-electron chi connectivity index (χ4n) is 3.62. The smallest absolute Gasteiger partial charge is 0.222 e. The first-order valence-corrected chi connectivity index (χ1v) is 9.13. The van der Waals surface area contributed by atoms with Gasteiger partial charge in [-0.05, 0) is 44.3 Å². The number of furan rings is 1. The molecule has 3 rings (SSSR count). The molecule has 1 aromatic carbocycles. The molecule has 0 radical (unpaired) electrons. The molecule has 1 aliphatic heterocycles. The zero-order valence-electron chi connectivity index (χ0n) is 15.2. The quantitative estimate of drug-likeness (QED) is 0.837. The molecule has 25 heavy (non-hydrogen) atoms. The summed E-state index contributed by atoms with van der Waals surface area (Å²) in [5.74, 6) is 1.93. The molecule has 1 saturated heterocycles. The van der Waals surface area contributed by atoms with E-state index in [1.165, 1.54) is 12.8 Å². The highest BCUT2D eigenvalue weighted by Gasteiger charge is 2.19. The maximum atomic E-state index is 12.5. The first-order valence-electron chi connectivity index (χ1n) is 9.13. The summed E-state index contributed by atoms with van der Waals surface area (Å²) in [6.07, 6.45) is 4.91. The number of rotatable bonds is 6. The highest BCUT2D eigenvalue weighted by molar-refractivity contribution is 5.85. The Kier molecular flexibility index (Phi) is 7.33. The lowest BCUT2D eigenvalue weighted by atomic mass is 9.93. The molecule has 1 aliphatic rings. The molecule has 5 heteroatoms. The molecule has 1 aromatic heterocycles. The van der Waals surface area contributed by atoms with Crippen LogP contribution in [0.1, 0.15) is 43.9 Å². The fourth-order valence-corrected chi connectivity index (χ4v) is 3.62. The number of carbonyl (C=O) groups is 1. The van der Waals surface area contributed by atoms with Crippen molar-refractivity contribution in [1.29, 1.82) is 0 Å². The van der Waals surface area contributed by atoms with E-state index in [0.717, 1.165) is 48.2 Å². The Balaban J connectivity index is 0.00000225. The van der Waals surface area contributed by atoms with Gasteiger partial charge in [0.05, 0.1) is 0 Å². The summed E-state index contributed by atoms with van der Waals surface area (Å²) in [7, 11) is 1.91. The van der Waals surface area contributed by atoms with Gasteiger partial charge in [-0.25, -0.2) is 0 Å². The van der Waals surface area contributed by atoms with E-state index in [2.05, 4.69) is 18.3 Å². The molecule has 2 aromatic rings. The number of hydrogen-bond acceptors (Lipinski definition) is 3. The van der Waals surface area contributed by atoms with Gasteiger partial charge in [0.25, 0.3) is 0 Å². The molecule has 0 spiro atoms. The summed E-state index contributed by atoms with van der Waals surface area (Å²) in [6.45, 7) is 4.91. The number of halogens is 1. The van der Waals surface area contributed by atoms with Crippen LogP contribution in [0, 0.1) is 5.92 Å². The predicted molar refractivity (Wildman–Crippen MR) is 104 cm³/mol. The SMILES string of the molecule is CCc1oc2ccccc2c1CN(C)C(=O)CCC1CCNCC1.Cl. The molecule has 138 valence electrons. The second kappa shape index (κ2) is 9.25. The number of benzene rings is 1. The van der Waals surface area contributed by atoms with E-state index < -0.39 is 0 Å². The van der Waals surface area contributed by atoms with Gasteiger partial charge in [0, 0.05) is 37.4 Å². The van der Waals surface area contributed by atoms with E-state index >= 15 is 0 Å². The van der Waals surface area contributed by atoms with Crippen LogP contribution in [-0.2, 0) is 17.8 Å². The number of amides is 1. The summed E-state index contributed by atoms with van der Waals surface area (Å²) >= 11 is 0. The Hall–Kier alpha value is -1.52. The Bertz CT molecular complexity index is 692. The minimum Gasteiger partial charge on any atom is -0.461 e. The molecule has 0 unspecified atom stereocenters. The van der Waals surface area contributed by atoms with Crippen LogP contribution < -0.4 is 5.32 Å². The molecule has 4 nitrogen and oxygen atoms in total. The molecule has 2 heterocycles. The molecular weight excluding hydrogens is 336 g/mol. The van der Waals surface area contributed by atoms with Crippen LogP contribution in [-0.4, -0.2) is 30.9 Å². The average molecular weight is 365 g/mol. The van der Waals surface area contributed by atoms with Gasteiger partial charge in [0.1, 0.15) is 11.3 Å². The van der Waals surface area contributed by atoms with Gasteiger partial charge in [0.2, 0.25) is 5.91 Å². The van der Waals surface area contributed by atoms with Gasteiger partial charge >= 0.3 is 0 Å². The first-order chi connectivity index (χ1) is 11.7. The third kappa shape index (κ3) is 4.77. The van der Waals surface area contributed by atoms with Gasteiger partial charge in [-0.3, -0.25) is 4.79 Å². The molecule has 0 aliphatic carbocycles. The number of fused-ring (bicyclic) bond motifs is 1. The third-order valence-corrected chi connectivity index (χ3v) is 5.15. The van der Waals surface area contributed by atoms with Crippen molar-refractivity contribution in [1.82, 2.24) is 10.2 Å². The maximum absolute atomic E-state index is 12.5. The van der Waals surface area contributed by atoms with Crippen LogP contribution in [0.25, 0.3) is 11.0 Å². The molecule has 1 N–H and O–H groups in total. The average Bonchev–Trinajstić information content (AvgIpc) is 2.98. The topological polar surface area (TPSA) is 45.5 Å². The molecule has 0 saturated carbocycles. The number of piperidine rings is 1. The maximum Gasteiger partial charge on any atom is 0.222 e. The van der Waals surface area contributed by atoms with E-state index in [4.69, 9.17) is 4.42 Å². The van der Waals surface area contributed by atoms with Crippen molar-refractivity contribution in [2.24, 2.45) is 5.92 Å². The standard InChI is InChI=1S/C20H28N2O2.ClH/c1-3-18-17(16-6-4-5-7-19(16)24-18)14-22(2)20(23)9-8-15-10-12-21-13-11-15;/h4-7,15,21H,3,8-14H2,1-2H3;1H. The van der Waals surface area contributed by atoms with Crippen LogP contribution in [0.2, 0.25) is 0 Å². The molecule has 1 fully saturated rings. The zero-order chi connectivity index (χ0) is 16.9. The van der Waals surface area contributed by atoms with Crippen molar-refractivity contribution in [3.8, 4) is 0 Å². The van der Waals surface area contributed by atoms with Gasteiger partial charge < -0.3 is 14.6 Å². The Morgan fingerprint density at radius 2 is 2.00 bits per heavy atom. The van der Waals surface area contributed by atoms with Crippen LogP contribution in [0.5, 0.6) is 0 Å². The Morgan fingerprint density at radius 1 is 1.28 bits per heavy atom. The van der Waals surface area contributed by atoms with Crippen molar-refractivity contribution in [2.45, 2.75) is 45.6 Å². The van der Waals surface area contributed by atoms with Crippen molar-refractivity contribution in [2.75, 3.05) is 20.1 Å². The van der Waals surface area contributed by atoms with Gasteiger partial charge in [-0.15, -0.1) is 12.4 Å². The summed E-state index contributed by atoms with van der Waals surface area (Å²) < 4.78 is 5.94. The van der Waals surface area contributed by atoms with Crippen LogP contribution in [0.4, 0.5) is 0 Å². The number of hydrogen-bond donors (Lipinski definition) is 1. The highest BCUT2D eigenvalue weighted by Crippen LogP contribution is 2.27. The Labute approximate surface area is 156 Å². The fraction of sp³-hybridized carbons (Fsp3) is 0.550. The third-order valence-electron chi connectivity index (χ3n) is 5.15. The predicted octanol–water partition coefficient (Wildman–Crippen LogP) is 4.16. The Morgan fingerprint density at radius 3 is 2.72 bits per heavy atom.